The monoisotopic (exact) mass is 296 g/mol. The summed E-state index contributed by atoms with van der Waals surface area (Å²) in [5, 5.41) is 10.2. The molecule has 0 radical (unpaired) electrons. The summed E-state index contributed by atoms with van der Waals surface area (Å²) in [6.45, 7) is 0. The lowest BCUT2D eigenvalue weighted by molar-refractivity contribution is -0.275. The van der Waals surface area contributed by atoms with Crippen LogP contribution in [-0.4, -0.2) is 23.5 Å². The molecular formula is C10H8F4N2O4. The molecule has 0 aromatic heterocycles. The van der Waals surface area contributed by atoms with Crippen LogP contribution in [0.3, 0.4) is 0 Å². The van der Waals surface area contributed by atoms with E-state index in [4.69, 9.17) is 10.8 Å². The Bertz CT molecular complexity index is 532. The number of alkyl halides is 3. The Morgan fingerprint density at radius 2 is 1.95 bits per heavy atom. The summed E-state index contributed by atoms with van der Waals surface area (Å²) in [7, 11) is 0. The number of amides is 2. The van der Waals surface area contributed by atoms with Gasteiger partial charge in [-0.25, -0.2) is 9.18 Å². The molecule has 10 heteroatoms. The van der Waals surface area contributed by atoms with Gasteiger partial charge < -0.3 is 20.9 Å². The predicted octanol–water partition coefficient (Wildman–Crippen LogP) is 1.52. The third-order valence-electron chi connectivity index (χ3n) is 2.07. The number of primary amides is 1. The van der Waals surface area contributed by atoms with E-state index in [1.165, 1.54) is 0 Å². The van der Waals surface area contributed by atoms with Crippen molar-refractivity contribution in [2.24, 2.45) is 5.73 Å². The summed E-state index contributed by atoms with van der Waals surface area (Å²) in [5.74, 6) is -3.67. The fourth-order valence-electron chi connectivity index (χ4n) is 1.35. The molecule has 0 aliphatic rings. The molecule has 0 saturated heterocycles. The maximum Gasteiger partial charge on any atom is 0.573 e. The fraction of sp³-hybridized carbons (Fsp3) is 0.200. The van der Waals surface area contributed by atoms with Gasteiger partial charge in [-0.1, -0.05) is 6.07 Å². The van der Waals surface area contributed by atoms with Gasteiger partial charge in [-0.3, -0.25) is 4.79 Å². The maximum absolute atomic E-state index is 13.4. The highest BCUT2D eigenvalue weighted by Crippen LogP contribution is 2.27. The molecule has 0 fully saturated rings. The highest BCUT2D eigenvalue weighted by Gasteiger charge is 2.32. The molecule has 0 aliphatic heterocycles. The van der Waals surface area contributed by atoms with Gasteiger partial charge in [0.05, 0.1) is 0 Å². The van der Waals surface area contributed by atoms with Crippen molar-refractivity contribution in [3.8, 4) is 5.75 Å². The lowest BCUT2D eigenvalue weighted by Gasteiger charge is -2.15. The van der Waals surface area contributed by atoms with E-state index in [2.05, 4.69) is 4.74 Å². The molecule has 4 N–H and O–H groups in total. The summed E-state index contributed by atoms with van der Waals surface area (Å²) in [5.41, 5.74) is 4.65. The summed E-state index contributed by atoms with van der Waals surface area (Å²) >= 11 is 0. The molecule has 1 rings (SSSR count). The highest BCUT2D eigenvalue weighted by atomic mass is 19.4. The molecule has 0 spiro atoms. The zero-order valence-electron chi connectivity index (χ0n) is 9.57. The molecule has 0 aliphatic carbocycles. The first-order valence-electron chi connectivity index (χ1n) is 4.94. The largest absolute Gasteiger partial charge is 0.573 e. The van der Waals surface area contributed by atoms with Crippen LogP contribution in [0, 0.1) is 5.82 Å². The van der Waals surface area contributed by atoms with Crippen LogP contribution in [0.1, 0.15) is 11.6 Å². The van der Waals surface area contributed by atoms with Crippen molar-refractivity contribution in [2.75, 3.05) is 0 Å². The van der Waals surface area contributed by atoms with Crippen LogP contribution in [-0.2, 0) is 4.79 Å². The van der Waals surface area contributed by atoms with Gasteiger partial charge in [-0.15, -0.1) is 13.2 Å². The molecule has 20 heavy (non-hydrogen) atoms. The Labute approximate surface area is 109 Å². The number of carboxylic acid groups (broad SMARTS) is 1. The van der Waals surface area contributed by atoms with E-state index in [9.17, 15) is 27.2 Å². The number of hydrogen-bond donors (Lipinski definition) is 3. The fourth-order valence-corrected chi connectivity index (χ4v) is 1.35. The van der Waals surface area contributed by atoms with E-state index in [1.807, 2.05) is 0 Å². The van der Waals surface area contributed by atoms with E-state index >= 15 is 0 Å². The van der Waals surface area contributed by atoms with Crippen molar-refractivity contribution in [3.63, 3.8) is 0 Å². The second-order valence-corrected chi connectivity index (χ2v) is 3.52. The van der Waals surface area contributed by atoms with Crippen molar-refractivity contribution in [1.82, 2.24) is 5.32 Å². The predicted molar refractivity (Wildman–Crippen MR) is 56.2 cm³/mol. The summed E-state index contributed by atoms with van der Waals surface area (Å²) in [4.78, 5) is 21.5. The maximum atomic E-state index is 13.4. The van der Waals surface area contributed by atoms with Crippen LogP contribution < -0.4 is 15.8 Å². The molecule has 6 nitrogen and oxygen atoms in total. The second-order valence-electron chi connectivity index (χ2n) is 3.52. The zero-order valence-corrected chi connectivity index (χ0v) is 9.57. The Morgan fingerprint density at radius 3 is 2.35 bits per heavy atom. The minimum atomic E-state index is -5.08. The van der Waals surface area contributed by atoms with Crippen LogP contribution in [0.5, 0.6) is 5.75 Å². The van der Waals surface area contributed by atoms with Crippen LogP contribution in [0.25, 0.3) is 0 Å². The van der Waals surface area contributed by atoms with Crippen molar-refractivity contribution in [1.29, 1.82) is 0 Å². The Morgan fingerprint density at radius 1 is 1.35 bits per heavy atom. The Kier molecular flexibility index (Phi) is 4.38. The van der Waals surface area contributed by atoms with Gasteiger partial charge in [0.15, 0.2) is 11.6 Å². The molecule has 2 amide bonds. The number of benzene rings is 1. The molecule has 0 heterocycles. The van der Waals surface area contributed by atoms with Gasteiger partial charge in [0.1, 0.15) is 6.04 Å². The van der Waals surface area contributed by atoms with E-state index in [0.29, 0.717) is 12.1 Å². The van der Waals surface area contributed by atoms with Crippen molar-refractivity contribution in [2.45, 2.75) is 12.4 Å². The average Bonchev–Trinajstić information content (AvgIpc) is 2.26. The van der Waals surface area contributed by atoms with Crippen molar-refractivity contribution in [3.05, 3.63) is 29.6 Å². The lowest BCUT2D eigenvalue weighted by atomic mass is 10.1. The summed E-state index contributed by atoms with van der Waals surface area (Å²) in [6, 6.07) is 0.418. The van der Waals surface area contributed by atoms with Crippen LogP contribution in [0.15, 0.2) is 18.2 Å². The quantitative estimate of drug-likeness (QED) is 0.733. The third kappa shape index (κ3) is 4.30. The van der Waals surface area contributed by atoms with E-state index in [1.54, 1.807) is 5.32 Å². The molecule has 1 aromatic rings. The van der Waals surface area contributed by atoms with Gasteiger partial charge in [-0.05, 0) is 17.7 Å². The Hall–Kier alpha value is -2.52. The number of rotatable bonds is 4. The SMILES string of the molecule is NC(=O)C(NC(=O)O)c1ccc(OC(F)(F)F)c(F)c1. The number of ether oxygens (including phenoxy) is 1. The standard InChI is InChI=1S/C10H8F4N2O4/c11-5-3-4(7(8(15)17)16-9(18)19)1-2-6(5)20-10(12,13)14/h1-3,7,16H,(H2,15,17)(H,18,19). The van der Waals surface area contributed by atoms with Crippen LogP contribution >= 0.6 is 0 Å². The minimum absolute atomic E-state index is 0.257. The molecule has 110 valence electrons. The number of carbonyl (C=O) groups is 2. The topological polar surface area (TPSA) is 102 Å². The third-order valence-corrected chi connectivity index (χ3v) is 2.07. The first kappa shape index (κ1) is 15.5. The van der Waals surface area contributed by atoms with Gasteiger partial charge in [0.25, 0.3) is 0 Å². The molecule has 1 aromatic carbocycles. The van der Waals surface area contributed by atoms with Crippen LogP contribution in [0.4, 0.5) is 22.4 Å². The number of halogens is 4. The molecule has 0 bridgehead atoms. The van der Waals surface area contributed by atoms with Gasteiger partial charge in [0, 0.05) is 0 Å². The lowest BCUT2D eigenvalue weighted by Crippen LogP contribution is -2.36. The number of hydrogen-bond acceptors (Lipinski definition) is 3. The minimum Gasteiger partial charge on any atom is -0.465 e. The zero-order chi connectivity index (χ0) is 15.5. The number of nitrogens with two attached hydrogens (primary N) is 1. The van der Waals surface area contributed by atoms with E-state index < -0.39 is 36.0 Å². The molecular weight excluding hydrogens is 288 g/mol. The molecule has 0 saturated carbocycles. The first-order chi connectivity index (χ1) is 9.10. The summed E-state index contributed by atoms with van der Waals surface area (Å²) in [6.07, 6.45) is -6.69. The van der Waals surface area contributed by atoms with Crippen molar-refractivity contribution >= 4 is 12.0 Å². The van der Waals surface area contributed by atoms with E-state index in [0.717, 1.165) is 6.07 Å². The second kappa shape index (κ2) is 5.63. The van der Waals surface area contributed by atoms with Crippen LogP contribution in [0.2, 0.25) is 0 Å². The van der Waals surface area contributed by atoms with Gasteiger partial charge in [-0.2, -0.15) is 0 Å². The highest BCUT2D eigenvalue weighted by molar-refractivity contribution is 5.85. The molecule has 1 unspecified atom stereocenters. The van der Waals surface area contributed by atoms with Crippen molar-refractivity contribution < 1.29 is 37.0 Å². The normalized spacial score (nSPS) is 12.6. The van der Waals surface area contributed by atoms with Gasteiger partial charge >= 0.3 is 12.5 Å². The van der Waals surface area contributed by atoms with E-state index in [-0.39, 0.29) is 5.56 Å². The average molecular weight is 296 g/mol. The number of carbonyl (C=O) groups excluding carboxylic acids is 1. The Balaban J connectivity index is 3.06. The summed E-state index contributed by atoms with van der Waals surface area (Å²) < 4.78 is 52.6. The number of nitrogens with one attached hydrogen (secondary N) is 1. The molecule has 1 atom stereocenters. The van der Waals surface area contributed by atoms with Gasteiger partial charge in [0.2, 0.25) is 5.91 Å². The first-order valence-corrected chi connectivity index (χ1v) is 4.94. The smallest absolute Gasteiger partial charge is 0.465 e.